The van der Waals surface area contributed by atoms with E-state index >= 15 is 0 Å². The standard InChI is InChI=1S/C12H17BrClN3/c1-16(2)10-4-3-5-17(8-10)12-11(13)6-9(14)7-15-12/h6-7,10H,3-5,8H2,1-2H3. The van der Waals surface area contributed by atoms with Crippen molar-refractivity contribution in [2.45, 2.75) is 18.9 Å². The highest BCUT2D eigenvalue weighted by molar-refractivity contribution is 9.10. The van der Waals surface area contributed by atoms with E-state index in [0.717, 1.165) is 23.4 Å². The van der Waals surface area contributed by atoms with Gasteiger partial charge in [0.25, 0.3) is 0 Å². The summed E-state index contributed by atoms with van der Waals surface area (Å²) in [5.41, 5.74) is 0. The van der Waals surface area contributed by atoms with Crippen LogP contribution in [0.4, 0.5) is 5.82 Å². The summed E-state index contributed by atoms with van der Waals surface area (Å²) < 4.78 is 0.976. The zero-order valence-corrected chi connectivity index (χ0v) is 12.5. The number of nitrogens with zero attached hydrogens (tertiary/aromatic N) is 3. The van der Waals surface area contributed by atoms with Crippen molar-refractivity contribution in [3.63, 3.8) is 0 Å². The van der Waals surface area contributed by atoms with Crippen LogP contribution in [0.2, 0.25) is 5.02 Å². The van der Waals surface area contributed by atoms with Gasteiger partial charge < -0.3 is 9.80 Å². The first-order valence-corrected chi connectivity index (χ1v) is 6.97. The molecule has 2 heterocycles. The third kappa shape index (κ3) is 3.12. The molecule has 1 aliphatic heterocycles. The van der Waals surface area contributed by atoms with Gasteiger partial charge in [-0.25, -0.2) is 4.98 Å². The Morgan fingerprint density at radius 3 is 2.94 bits per heavy atom. The number of rotatable bonds is 2. The van der Waals surface area contributed by atoms with Gasteiger partial charge in [0.1, 0.15) is 5.82 Å². The van der Waals surface area contributed by atoms with E-state index in [4.69, 9.17) is 11.6 Å². The molecule has 5 heteroatoms. The lowest BCUT2D eigenvalue weighted by Crippen LogP contribution is -2.45. The van der Waals surface area contributed by atoms with Gasteiger partial charge in [-0.05, 0) is 48.9 Å². The van der Waals surface area contributed by atoms with E-state index in [0.29, 0.717) is 11.1 Å². The van der Waals surface area contributed by atoms with Crippen LogP contribution in [0.25, 0.3) is 0 Å². The van der Waals surface area contributed by atoms with Crippen LogP contribution in [0, 0.1) is 0 Å². The van der Waals surface area contributed by atoms with Crippen molar-refractivity contribution >= 4 is 33.3 Å². The zero-order valence-electron chi connectivity index (χ0n) is 10.2. The molecule has 2 rings (SSSR count). The number of anilines is 1. The average molecular weight is 319 g/mol. The van der Waals surface area contributed by atoms with Crippen LogP contribution in [-0.2, 0) is 0 Å². The molecule has 0 N–H and O–H groups in total. The van der Waals surface area contributed by atoms with Gasteiger partial charge in [-0.15, -0.1) is 0 Å². The van der Waals surface area contributed by atoms with Gasteiger partial charge in [0.05, 0.1) is 9.50 Å². The van der Waals surface area contributed by atoms with Gasteiger partial charge in [-0.2, -0.15) is 0 Å². The van der Waals surface area contributed by atoms with Crippen molar-refractivity contribution < 1.29 is 0 Å². The molecular weight excluding hydrogens is 302 g/mol. The van der Waals surface area contributed by atoms with E-state index < -0.39 is 0 Å². The van der Waals surface area contributed by atoms with E-state index in [9.17, 15) is 0 Å². The molecule has 3 nitrogen and oxygen atoms in total. The third-order valence-electron chi connectivity index (χ3n) is 3.21. The van der Waals surface area contributed by atoms with Crippen LogP contribution in [0.3, 0.4) is 0 Å². The summed E-state index contributed by atoms with van der Waals surface area (Å²) in [6, 6.07) is 2.51. The van der Waals surface area contributed by atoms with Crippen LogP contribution in [-0.4, -0.2) is 43.1 Å². The number of halogens is 2. The molecule has 0 saturated carbocycles. The lowest BCUT2D eigenvalue weighted by atomic mass is 10.1. The minimum atomic E-state index is 0.605. The Balaban J connectivity index is 2.16. The van der Waals surface area contributed by atoms with Gasteiger partial charge in [-0.1, -0.05) is 11.6 Å². The van der Waals surface area contributed by atoms with E-state index in [1.54, 1.807) is 6.20 Å². The molecule has 0 radical (unpaired) electrons. The number of hydrogen-bond donors (Lipinski definition) is 0. The molecule has 0 aromatic carbocycles. The van der Waals surface area contributed by atoms with Crippen LogP contribution in [0.15, 0.2) is 16.7 Å². The molecule has 1 aromatic heterocycles. The second-order valence-electron chi connectivity index (χ2n) is 4.66. The van der Waals surface area contributed by atoms with Crippen molar-refractivity contribution in [1.29, 1.82) is 0 Å². The summed E-state index contributed by atoms with van der Waals surface area (Å²) in [4.78, 5) is 9.04. The van der Waals surface area contributed by atoms with Crippen LogP contribution < -0.4 is 4.90 Å². The second-order valence-corrected chi connectivity index (χ2v) is 5.96. The molecule has 1 saturated heterocycles. The SMILES string of the molecule is CN(C)C1CCCN(c2ncc(Cl)cc2Br)C1. The number of likely N-dealkylation sites (N-methyl/N-ethyl adjacent to an activating group) is 1. The van der Waals surface area contributed by atoms with Crippen molar-refractivity contribution in [1.82, 2.24) is 9.88 Å². The van der Waals surface area contributed by atoms with Crippen LogP contribution >= 0.6 is 27.5 Å². The van der Waals surface area contributed by atoms with Gasteiger partial charge in [0.2, 0.25) is 0 Å². The summed E-state index contributed by atoms with van der Waals surface area (Å²) in [5.74, 6) is 1.00. The highest BCUT2D eigenvalue weighted by Gasteiger charge is 2.23. The Hall–Kier alpha value is -0.320. The van der Waals surface area contributed by atoms with Crippen molar-refractivity contribution in [2.75, 3.05) is 32.1 Å². The first-order valence-electron chi connectivity index (χ1n) is 5.80. The summed E-state index contributed by atoms with van der Waals surface area (Å²) in [6.45, 7) is 2.10. The van der Waals surface area contributed by atoms with Crippen molar-refractivity contribution in [2.24, 2.45) is 0 Å². The molecule has 1 aromatic rings. The van der Waals surface area contributed by atoms with Crippen molar-refractivity contribution in [3.05, 3.63) is 21.8 Å². The Morgan fingerprint density at radius 1 is 1.53 bits per heavy atom. The normalized spacial score (nSPS) is 21.0. The first-order chi connectivity index (χ1) is 8.08. The van der Waals surface area contributed by atoms with Crippen molar-refractivity contribution in [3.8, 4) is 0 Å². The average Bonchev–Trinajstić information content (AvgIpc) is 2.29. The maximum absolute atomic E-state index is 5.92. The van der Waals surface area contributed by atoms with Gasteiger partial charge in [0.15, 0.2) is 0 Å². The molecule has 0 bridgehead atoms. The quantitative estimate of drug-likeness (QED) is 0.835. The lowest BCUT2D eigenvalue weighted by Gasteiger charge is -2.37. The molecular formula is C12H17BrClN3. The van der Waals surface area contributed by atoms with E-state index in [1.165, 1.54) is 12.8 Å². The fraction of sp³-hybridized carbons (Fsp3) is 0.583. The van der Waals surface area contributed by atoms with E-state index in [2.05, 4.69) is 44.8 Å². The molecule has 17 heavy (non-hydrogen) atoms. The van der Waals surface area contributed by atoms with Crippen LogP contribution in [0.5, 0.6) is 0 Å². The highest BCUT2D eigenvalue weighted by Crippen LogP contribution is 2.29. The number of hydrogen-bond acceptors (Lipinski definition) is 3. The smallest absolute Gasteiger partial charge is 0.143 e. The molecule has 1 aliphatic rings. The van der Waals surface area contributed by atoms with Gasteiger partial charge >= 0.3 is 0 Å². The van der Waals surface area contributed by atoms with E-state index in [1.807, 2.05) is 6.07 Å². The van der Waals surface area contributed by atoms with Crippen LogP contribution in [0.1, 0.15) is 12.8 Å². The minimum absolute atomic E-state index is 0.605. The monoisotopic (exact) mass is 317 g/mol. The first kappa shape index (κ1) is 13.1. The summed E-state index contributed by atoms with van der Waals surface area (Å²) in [5, 5.41) is 0.668. The summed E-state index contributed by atoms with van der Waals surface area (Å²) in [6.07, 6.45) is 4.18. The predicted molar refractivity (Wildman–Crippen MR) is 75.9 cm³/mol. The summed E-state index contributed by atoms with van der Waals surface area (Å²) in [7, 11) is 4.27. The number of piperidine rings is 1. The van der Waals surface area contributed by atoms with Gasteiger partial charge in [-0.3, -0.25) is 0 Å². The van der Waals surface area contributed by atoms with Gasteiger partial charge in [0, 0.05) is 25.3 Å². The Kier molecular flexibility index (Phi) is 4.28. The molecule has 1 atom stereocenters. The Morgan fingerprint density at radius 2 is 2.29 bits per heavy atom. The molecule has 94 valence electrons. The molecule has 0 amide bonds. The summed E-state index contributed by atoms with van der Waals surface area (Å²) >= 11 is 9.45. The second kappa shape index (κ2) is 5.55. The highest BCUT2D eigenvalue weighted by atomic mass is 79.9. The molecule has 1 fully saturated rings. The predicted octanol–water partition coefficient (Wildman–Crippen LogP) is 3.03. The van der Waals surface area contributed by atoms with E-state index in [-0.39, 0.29) is 0 Å². The lowest BCUT2D eigenvalue weighted by molar-refractivity contribution is 0.257. The molecule has 1 unspecified atom stereocenters. The maximum Gasteiger partial charge on any atom is 0.143 e. The number of pyridine rings is 1. The molecule has 0 spiro atoms. The fourth-order valence-electron chi connectivity index (χ4n) is 2.21. The fourth-order valence-corrected chi connectivity index (χ4v) is 3.10. The topological polar surface area (TPSA) is 19.4 Å². The Bertz CT molecular complexity index is 397. The third-order valence-corrected chi connectivity index (χ3v) is 4.00. The largest absolute Gasteiger partial charge is 0.354 e. The minimum Gasteiger partial charge on any atom is -0.354 e. The number of aromatic nitrogens is 1. The molecule has 0 aliphatic carbocycles. The maximum atomic E-state index is 5.92. The Labute approximate surface area is 116 Å². The zero-order chi connectivity index (χ0) is 12.4.